The van der Waals surface area contributed by atoms with Crippen molar-refractivity contribution in [3.8, 4) is 5.75 Å². The molecule has 0 atom stereocenters. The highest BCUT2D eigenvalue weighted by molar-refractivity contribution is 7.15. The number of aromatic nitrogens is 3. The zero-order valence-corrected chi connectivity index (χ0v) is 14.6. The summed E-state index contributed by atoms with van der Waals surface area (Å²) in [5.41, 5.74) is 0.448. The molecule has 2 aromatic heterocycles. The van der Waals surface area contributed by atoms with Gasteiger partial charge in [0, 0.05) is 22.8 Å². The Bertz CT molecular complexity index is 970. The Morgan fingerprint density at radius 2 is 2.16 bits per heavy atom. The average molecular weight is 377 g/mol. The van der Waals surface area contributed by atoms with Crippen LogP contribution in [0.2, 0.25) is 5.02 Å². The van der Waals surface area contributed by atoms with Crippen molar-refractivity contribution in [3.05, 3.63) is 68.0 Å². The van der Waals surface area contributed by atoms with E-state index in [9.17, 15) is 9.59 Å². The van der Waals surface area contributed by atoms with E-state index < -0.39 is 11.3 Å². The summed E-state index contributed by atoms with van der Waals surface area (Å²) >= 11 is 7.29. The normalized spacial score (nSPS) is 10.5. The van der Waals surface area contributed by atoms with Crippen LogP contribution in [-0.4, -0.2) is 21.1 Å². The highest BCUT2D eigenvalue weighted by Crippen LogP contribution is 2.17. The fourth-order valence-corrected chi connectivity index (χ4v) is 2.76. The van der Waals surface area contributed by atoms with Gasteiger partial charge < -0.3 is 9.72 Å². The van der Waals surface area contributed by atoms with Crippen molar-refractivity contribution in [3.63, 3.8) is 0 Å². The largest absolute Gasteiger partial charge is 0.483 e. The maximum absolute atomic E-state index is 12.1. The Morgan fingerprint density at radius 3 is 2.84 bits per heavy atom. The van der Waals surface area contributed by atoms with Gasteiger partial charge in [-0.1, -0.05) is 41.1 Å². The van der Waals surface area contributed by atoms with Crippen LogP contribution in [0.15, 0.2) is 41.3 Å². The Hall–Kier alpha value is -2.71. The second-order valence-corrected chi connectivity index (χ2v) is 6.62. The molecule has 9 heteroatoms. The second kappa shape index (κ2) is 7.45. The number of pyridine rings is 1. The molecule has 0 aliphatic carbocycles. The van der Waals surface area contributed by atoms with E-state index in [2.05, 4.69) is 20.5 Å². The number of halogens is 1. The van der Waals surface area contributed by atoms with Crippen LogP contribution in [0.5, 0.6) is 5.75 Å². The van der Waals surface area contributed by atoms with Crippen molar-refractivity contribution in [2.75, 3.05) is 5.32 Å². The van der Waals surface area contributed by atoms with Crippen LogP contribution in [0.1, 0.15) is 21.1 Å². The van der Waals surface area contributed by atoms with Gasteiger partial charge in [-0.3, -0.25) is 14.9 Å². The standard InChI is InChI=1S/C16H13ClN4O3S/c1-9-20-21-16(25-9)19-15(23)12-6-13(22)14(7-18-12)24-8-10-4-2-3-5-11(10)17/h2-7H,8H2,1H3,(H,18,22)(H,19,21,23). The molecule has 0 unspecified atom stereocenters. The fourth-order valence-electron chi connectivity index (χ4n) is 1.98. The third-order valence-electron chi connectivity index (χ3n) is 3.21. The Kier molecular flexibility index (Phi) is 5.11. The van der Waals surface area contributed by atoms with Gasteiger partial charge in [-0.05, 0) is 13.0 Å². The van der Waals surface area contributed by atoms with Crippen LogP contribution in [0, 0.1) is 6.92 Å². The molecule has 2 heterocycles. The van der Waals surface area contributed by atoms with E-state index in [4.69, 9.17) is 16.3 Å². The number of hydrogen-bond donors (Lipinski definition) is 2. The van der Waals surface area contributed by atoms with Gasteiger partial charge in [0.05, 0.1) is 0 Å². The maximum Gasteiger partial charge on any atom is 0.274 e. The summed E-state index contributed by atoms with van der Waals surface area (Å²) in [4.78, 5) is 27.0. The molecule has 25 heavy (non-hydrogen) atoms. The Labute approximate surface area is 151 Å². The van der Waals surface area contributed by atoms with Gasteiger partial charge >= 0.3 is 0 Å². The highest BCUT2D eigenvalue weighted by Gasteiger charge is 2.12. The molecule has 0 fully saturated rings. The first-order valence-electron chi connectivity index (χ1n) is 7.23. The number of carbonyl (C=O) groups excluding carboxylic acids is 1. The molecule has 7 nitrogen and oxygen atoms in total. The molecule has 1 amide bonds. The summed E-state index contributed by atoms with van der Waals surface area (Å²) in [5, 5.41) is 11.8. The summed E-state index contributed by atoms with van der Waals surface area (Å²) < 4.78 is 5.48. The van der Waals surface area contributed by atoms with Crippen molar-refractivity contribution < 1.29 is 9.53 Å². The van der Waals surface area contributed by atoms with Crippen LogP contribution < -0.4 is 15.5 Å². The lowest BCUT2D eigenvalue weighted by Crippen LogP contribution is -2.17. The zero-order chi connectivity index (χ0) is 17.8. The lowest BCUT2D eigenvalue weighted by molar-refractivity contribution is 0.102. The molecule has 3 aromatic rings. The molecule has 0 spiro atoms. The number of aromatic amines is 1. The predicted octanol–water partition coefficient (Wildman–Crippen LogP) is 3.02. The molecule has 0 saturated carbocycles. The topological polar surface area (TPSA) is 97.0 Å². The average Bonchev–Trinajstić information content (AvgIpc) is 3.00. The van der Waals surface area contributed by atoms with Crippen molar-refractivity contribution in [1.82, 2.24) is 15.2 Å². The smallest absolute Gasteiger partial charge is 0.274 e. The van der Waals surface area contributed by atoms with E-state index in [-0.39, 0.29) is 18.1 Å². The number of nitrogens with one attached hydrogen (secondary N) is 2. The zero-order valence-electron chi connectivity index (χ0n) is 13.1. The summed E-state index contributed by atoms with van der Waals surface area (Å²) in [6.07, 6.45) is 1.35. The molecule has 3 rings (SSSR count). The van der Waals surface area contributed by atoms with E-state index in [0.717, 1.165) is 10.6 Å². The van der Waals surface area contributed by atoms with Crippen LogP contribution in [-0.2, 0) is 6.61 Å². The molecule has 0 radical (unpaired) electrons. The quantitative estimate of drug-likeness (QED) is 0.713. The minimum absolute atomic E-state index is 0.1000. The van der Waals surface area contributed by atoms with Gasteiger partial charge in [-0.25, -0.2) is 0 Å². The second-order valence-electron chi connectivity index (χ2n) is 5.04. The summed E-state index contributed by atoms with van der Waals surface area (Å²) in [6, 6.07) is 8.36. The van der Waals surface area contributed by atoms with Crippen molar-refractivity contribution in [2.45, 2.75) is 13.5 Å². The first kappa shape index (κ1) is 17.1. The number of carbonyl (C=O) groups is 1. The number of anilines is 1. The van der Waals surface area contributed by atoms with Gasteiger partial charge in [0.25, 0.3) is 5.91 Å². The van der Waals surface area contributed by atoms with E-state index in [1.54, 1.807) is 13.0 Å². The predicted molar refractivity (Wildman–Crippen MR) is 95.4 cm³/mol. The third kappa shape index (κ3) is 4.23. The molecule has 128 valence electrons. The molecular formula is C16H13ClN4O3S. The summed E-state index contributed by atoms with van der Waals surface area (Å²) in [7, 11) is 0. The SMILES string of the molecule is Cc1nnc(NC(=O)c2cc(=O)c(OCc3ccccc3Cl)c[nH]2)s1. The molecule has 0 saturated heterocycles. The van der Waals surface area contributed by atoms with Crippen LogP contribution in [0.4, 0.5) is 5.13 Å². The number of aryl methyl sites for hydroxylation is 1. The number of benzene rings is 1. The number of hydrogen-bond acceptors (Lipinski definition) is 6. The van der Waals surface area contributed by atoms with Gasteiger partial charge in [0.2, 0.25) is 10.6 Å². The molecule has 0 aliphatic heterocycles. The van der Waals surface area contributed by atoms with Gasteiger partial charge in [0.15, 0.2) is 5.75 Å². The number of H-pyrrole nitrogens is 1. The van der Waals surface area contributed by atoms with E-state index >= 15 is 0 Å². The fraction of sp³-hybridized carbons (Fsp3) is 0.125. The van der Waals surface area contributed by atoms with Crippen LogP contribution in [0.3, 0.4) is 0 Å². The summed E-state index contributed by atoms with van der Waals surface area (Å²) in [6.45, 7) is 1.93. The lowest BCUT2D eigenvalue weighted by atomic mass is 10.2. The van der Waals surface area contributed by atoms with Gasteiger partial charge in [-0.15, -0.1) is 10.2 Å². The highest BCUT2D eigenvalue weighted by atomic mass is 35.5. The van der Waals surface area contributed by atoms with E-state index in [0.29, 0.717) is 10.2 Å². The maximum atomic E-state index is 12.1. The molecular weight excluding hydrogens is 364 g/mol. The van der Waals surface area contributed by atoms with Crippen molar-refractivity contribution in [2.24, 2.45) is 0 Å². The number of nitrogens with zero attached hydrogens (tertiary/aromatic N) is 2. The number of ether oxygens (including phenoxy) is 1. The monoisotopic (exact) mass is 376 g/mol. The first-order valence-corrected chi connectivity index (χ1v) is 8.43. The molecule has 0 aliphatic rings. The van der Waals surface area contributed by atoms with Crippen molar-refractivity contribution >= 4 is 34.0 Å². The minimum Gasteiger partial charge on any atom is -0.483 e. The number of amides is 1. The van der Waals surface area contributed by atoms with E-state index in [1.165, 1.54) is 23.6 Å². The Balaban J connectivity index is 1.69. The first-order chi connectivity index (χ1) is 12.0. The molecule has 2 N–H and O–H groups in total. The number of rotatable bonds is 5. The van der Waals surface area contributed by atoms with Crippen LogP contribution in [0.25, 0.3) is 0 Å². The van der Waals surface area contributed by atoms with Gasteiger partial charge in [-0.2, -0.15) is 0 Å². The third-order valence-corrected chi connectivity index (χ3v) is 4.33. The van der Waals surface area contributed by atoms with Crippen LogP contribution >= 0.6 is 22.9 Å². The lowest BCUT2D eigenvalue weighted by Gasteiger charge is -2.08. The molecule has 1 aromatic carbocycles. The summed E-state index contributed by atoms with van der Waals surface area (Å²) in [5.74, 6) is -0.380. The Morgan fingerprint density at radius 1 is 1.36 bits per heavy atom. The van der Waals surface area contributed by atoms with E-state index in [1.807, 2.05) is 18.2 Å². The van der Waals surface area contributed by atoms with Gasteiger partial charge in [0.1, 0.15) is 17.3 Å². The van der Waals surface area contributed by atoms with Crippen molar-refractivity contribution in [1.29, 1.82) is 0 Å². The molecule has 0 bridgehead atoms. The minimum atomic E-state index is -0.481.